The molecule has 0 radical (unpaired) electrons. The molecule has 1 aromatic heterocycles. The molecule has 1 aliphatic rings. The molecule has 0 spiro atoms. The van der Waals surface area contributed by atoms with Crippen LogP contribution in [-0.4, -0.2) is 63.7 Å². The maximum absolute atomic E-state index is 12.4. The van der Waals surface area contributed by atoms with E-state index in [0.29, 0.717) is 19.6 Å². The number of aromatic nitrogens is 1. The Morgan fingerprint density at radius 3 is 2.83 bits per heavy atom. The topological polar surface area (TPSA) is 68.7 Å². The number of piperazine rings is 1. The van der Waals surface area contributed by atoms with Crippen LogP contribution in [0.5, 0.6) is 0 Å². The Labute approximate surface area is 138 Å². The number of nitrogens with one attached hydrogen (secondary N) is 1. The van der Waals surface area contributed by atoms with Gasteiger partial charge in [-0.05, 0) is 44.9 Å². The zero-order valence-electron chi connectivity index (χ0n) is 14.5. The fourth-order valence-corrected chi connectivity index (χ4v) is 3.00. The van der Waals surface area contributed by atoms with E-state index in [4.69, 9.17) is 0 Å². The average Bonchev–Trinajstić information content (AvgIpc) is 2.44. The van der Waals surface area contributed by atoms with Crippen LogP contribution in [0.3, 0.4) is 0 Å². The van der Waals surface area contributed by atoms with E-state index in [9.17, 15) is 9.90 Å². The van der Waals surface area contributed by atoms with E-state index < -0.39 is 5.60 Å². The summed E-state index contributed by atoms with van der Waals surface area (Å²) in [6, 6.07) is 2.03. The SMILES string of the molecule is Cc1cnccc1CNC(=O)N1CCN(CC(C)(C)O)C[C@H]1C. The smallest absolute Gasteiger partial charge is 0.317 e. The third kappa shape index (κ3) is 5.18. The number of pyridine rings is 1. The van der Waals surface area contributed by atoms with Gasteiger partial charge in [0.1, 0.15) is 0 Å². The zero-order valence-corrected chi connectivity index (χ0v) is 14.5. The van der Waals surface area contributed by atoms with Crippen molar-refractivity contribution < 1.29 is 9.90 Å². The summed E-state index contributed by atoms with van der Waals surface area (Å²) in [4.78, 5) is 20.6. The Hall–Kier alpha value is -1.66. The molecule has 0 bridgehead atoms. The average molecular weight is 320 g/mol. The quantitative estimate of drug-likeness (QED) is 0.879. The van der Waals surface area contributed by atoms with Crippen molar-refractivity contribution in [2.24, 2.45) is 0 Å². The zero-order chi connectivity index (χ0) is 17.0. The minimum absolute atomic E-state index is 0.0309. The molecule has 2 heterocycles. The van der Waals surface area contributed by atoms with Crippen LogP contribution in [0.25, 0.3) is 0 Å². The van der Waals surface area contributed by atoms with Crippen LogP contribution in [0.15, 0.2) is 18.5 Å². The van der Waals surface area contributed by atoms with Crippen LogP contribution in [0.4, 0.5) is 4.79 Å². The van der Waals surface area contributed by atoms with Crippen molar-refractivity contribution in [2.45, 2.75) is 45.9 Å². The molecule has 2 amide bonds. The van der Waals surface area contributed by atoms with Crippen molar-refractivity contribution in [1.29, 1.82) is 0 Å². The van der Waals surface area contributed by atoms with Gasteiger partial charge < -0.3 is 15.3 Å². The summed E-state index contributed by atoms with van der Waals surface area (Å²) in [5.74, 6) is 0. The molecular formula is C17H28N4O2. The molecule has 1 atom stereocenters. The number of hydrogen-bond donors (Lipinski definition) is 2. The molecule has 0 aromatic carbocycles. The lowest BCUT2D eigenvalue weighted by Gasteiger charge is -2.41. The predicted octanol–water partition coefficient (Wildman–Crippen LogP) is 1.38. The fourth-order valence-electron chi connectivity index (χ4n) is 3.00. The van der Waals surface area contributed by atoms with Gasteiger partial charge in [-0.25, -0.2) is 4.79 Å². The van der Waals surface area contributed by atoms with Gasteiger partial charge in [0.25, 0.3) is 0 Å². The molecule has 0 unspecified atom stereocenters. The second-order valence-corrected chi connectivity index (χ2v) is 7.05. The Bertz CT molecular complexity index is 542. The number of hydrogen-bond acceptors (Lipinski definition) is 4. The largest absolute Gasteiger partial charge is 0.389 e. The molecule has 1 aliphatic heterocycles. The van der Waals surface area contributed by atoms with Crippen molar-refractivity contribution in [3.05, 3.63) is 29.6 Å². The van der Waals surface area contributed by atoms with Crippen molar-refractivity contribution in [3.8, 4) is 0 Å². The van der Waals surface area contributed by atoms with Gasteiger partial charge in [-0.1, -0.05) is 0 Å². The number of nitrogens with zero attached hydrogens (tertiary/aromatic N) is 3. The first-order valence-corrected chi connectivity index (χ1v) is 8.15. The first-order valence-electron chi connectivity index (χ1n) is 8.15. The number of amides is 2. The molecule has 0 aliphatic carbocycles. The highest BCUT2D eigenvalue weighted by molar-refractivity contribution is 5.74. The molecule has 2 N–H and O–H groups in total. The van der Waals surface area contributed by atoms with Gasteiger partial charge >= 0.3 is 6.03 Å². The molecule has 6 nitrogen and oxygen atoms in total. The lowest BCUT2D eigenvalue weighted by Crippen LogP contribution is -2.58. The van der Waals surface area contributed by atoms with E-state index in [2.05, 4.69) is 15.2 Å². The third-order valence-electron chi connectivity index (χ3n) is 4.15. The minimum Gasteiger partial charge on any atom is -0.389 e. The van der Waals surface area contributed by atoms with Gasteiger partial charge in [0, 0.05) is 51.2 Å². The Morgan fingerprint density at radius 1 is 1.48 bits per heavy atom. The van der Waals surface area contributed by atoms with E-state index in [-0.39, 0.29) is 12.1 Å². The molecule has 1 aromatic rings. The Balaban J connectivity index is 1.85. The molecule has 1 fully saturated rings. The maximum Gasteiger partial charge on any atom is 0.317 e. The summed E-state index contributed by atoms with van der Waals surface area (Å²) >= 11 is 0. The molecule has 1 saturated heterocycles. The number of rotatable bonds is 4. The van der Waals surface area contributed by atoms with Crippen molar-refractivity contribution in [3.63, 3.8) is 0 Å². The fraction of sp³-hybridized carbons (Fsp3) is 0.647. The lowest BCUT2D eigenvalue weighted by molar-refractivity contribution is 0.0119. The van der Waals surface area contributed by atoms with Crippen LogP contribution in [0.2, 0.25) is 0 Å². The predicted molar refractivity (Wildman–Crippen MR) is 90.1 cm³/mol. The Kier molecular flexibility index (Phi) is 5.59. The third-order valence-corrected chi connectivity index (χ3v) is 4.15. The van der Waals surface area contributed by atoms with E-state index >= 15 is 0 Å². The highest BCUT2D eigenvalue weighted by Crippen LogP contribution is 2.13. The number of aryl methyl sites for hydroxylation is 1. The normalized spacial score (nSPS) is 19.7. The van der Waals surface area contributed by atoms with Crippen LogP contribution in [0.1, 0.15) is 31.9 Å². The molecule has 23 heavy (non-hydrogen) atoms. The van der Waals surface area contributed by atoms with Crippen LogP contribution < -0.4 is 5.32 Å². The maximum atomic E-state index is 12.4. The molecule has 0 saturated carbocycles. The molecular weight excluding hydrogens is 292 g/mol. The highest BCUT2D eigenvalue weighted by Gasteiger charge is 2.29. The number of aliphatic hydroxyl groups is 1. The summed E-state index contributed by atoms with van der Waals surface area (Å²) in [5, 5.41) is 12.9. The van der Waals surface area contributed by atoms with Crippen molar-refractivity contribution >= 4 is 6.03 Å². The highest BCUT2D eigenvalue weighted by atomic mass is 16.3. The summed E-state index contributed by atoms with van der Waals surface area (Å²) < 4.78 is 0. The van der Waals surface area contributed by atoms with Crippen molar-refractivity contribution in [1.82, 2.24) is 20.1 Å². The van der Waals surface area contributed by atoms with Gasteiger partial charge in [-0.2, -0.15) is 0 Å². The Morgan fingerprint density at radius 2 is 2.22 bits per heavy atom. The van der Waals surface area contributed by atoms with Gasteiger partial charge in [-0.3, -0.25) is 9.88 Å². The minimum atomic E-state index is -0.705. The monoisotopic (exact) mass is 320 g/mol. The summed E-state index contributed by atoms with van der Waals surface area (Å²) in [6.07, 6.45) is 3.55. The summed E-state index contributed by atoms with van der Waals surface area (Å²) in [5.41, 5.74) is 1.46. The number of β-amino-alcohol motifs (C(OH)–C–C–N with tert-alkyl or cyclic N) is 1. The number of carbonyl (C=O) groups is 1. The molecule has 128 valence electrons. The van der Waals surface area contributed by atoms with Gasteiger partial charge in [0.15, 0.2) is 0 Å². The summed E-state index contributed by atoms with van der Waals surface area (Å²) in [7, 11) is 0. The van der Waals surface area contributed by atoms with Crippen LogP contribution in [0, 0.1) is 6.92 Å². The van der Waals surface area contributed by atoms with Crippen LogP contribution >= 0.6 is 0 Å². The summed E-state index contributed by atoms with van der Waals surface area (Å²) in [6.45, 7) is 11.1. The van der Waals surface area contributed by atoms with Gasteiger partial charge in [0.2, 0.25) is 0 Å². The van der Waals surface area contributed by atoms with E-state index in [1.165, 1.54) is 0 Å². The van der Waals surface area contributed by atoms with Gasteiger partial charge in [-0.15, -0.1) is 0 Å². The first kappa shape index (κ1) is 17.7. The second-order valence-electron chi connectivity index (χ2n) is 7.05. The number of urea groups is 1. The molecule has 2 rings (SSSR count). The van der Waals surface area contributed by atoms with Crippen LogP contribution in [-0.2, 0) is 6.54 Å². The lowest BCUT2D eigenvalue weighted by atomic mass is 10.1. The van der Waals surface area contributed by atoms with E-state index in [1.54, 1.807) is 12.4 Å². The second kappa shape index (κ2) is 7.27. The standard InChI is InChI=1S/C17H28N4O2/c1-13-9-18-6-5-15(13)10-19-16(22)21-8-7-20(11-14(21)2)12-17(3,4)23/h5-6,9,14,23H,7-8,10-12H2,1-4H3,(H,19,22)/t14-/m1/s1. The molecule has 6 heteroatoms. The van der Waals surface area contributed by atoms with E-state index in [1.807, 2.05) is 38.7 Å². The van der Waals surface area contributed by atoms with E-state index in [0.717, 1.165) is 24.2 Å². The first-order chi connectivity index (χ1) is 10.8. The van der Waals surface area contributed by atoms with Crippen molar-refractivity contribution in [2.75, 3.05) is 26.2 Å². The number of carbonyl (C=O) groups excluding carboxylic acids is 1. The van der Waals surface area contributed by atoms with Gasteiger partial charge in [0.05, 0.1) is 5.60 Å².